The van der Waals surface area contributed by atoms with Crippen LogP contribution in [-0.4, -0.2) is 55.0 Å². The summed E-state index contributed by atoms with van der Waals surface area (Å²) >= 11 is 0. The van der Waals surface area contributed by atoms with Crippen LogP contribution in [0.25, 0.3) is 0 Å². The Labute approximate surface area is 184 Å². The Morgan fingerprint density at radius 2 is 1.94 bits per heavy atom. The summed E-state index contributed by atoms with van der Waals surface area (Å²) in [6.07, 6.45) is 5.33. The Balaban J connectivity index is 2.01. The Morgan fingerprint density at radius 1 is 1.26 bits per heavy atom. The van der Waals surface area contributed by atoms with E-state index in [1.807, 2.05) is 0 Å². The van der Waals surface area contributed by atoms with Crippen LogP contribution in [-0.2, 0) is 19.6 Å². The molecule has 0 aromatic heterocycles. The number of sulfonamides is 1. The van der Waals surface area contributed by atoms with E-state index in [0.717, 1.165) is 36.4 Å². The fourth-order valence-electron chi connectivity index (χ4n) is 4.58. The number of carbonyl (C=O) groups is 2. The molecule has 1 atom stereocenters. The van der Waals surface area contributed by atoms with Gasteiger partial charge in [-0.25, -0.2) is 12.8 Å². The number of benzene rings is 1. The summed E-state index contributed by atoms with van der Waals surface area (Å²) in [5.74, 6) is -1.41. The van der Waals surface area contributed by atoms with Crippen molar-refractivity contribution in [3.63, 3.8) is 0 Å². The lowest BCUT2D eigenvalue weighted by atomic mass is 9.91. The van der Waals surface area contributed by atoms with E-state index in [2.05, 4.69) is 5.32 Å². The van der Waals surface area contributed by atoms with Crippen LogP contribution < -0.4 is 10.2 Å². The van der Waals surface area contributed by atoms with E-state index in [4.69, 9.17) is 0 Å². The topological polar surface area (TPSA) is 86.8 Å². The second-order valence-electron chi connectivity index (χ2n) is 8.83. The number of nitrogens with one attached hydrogen (secondary N) is 1. The summed E-state index contributed by atoms with van der Waals surface area (Å²) in [6, 6.07) is 4.04. The second kappa shape index (κ2) is 9.24. The Morgan fingerprint density at radius 3 is 2.55 bits per heavy atom. The summed E-state index contributed by atoms with van der Waals surface area (Å²) < 4.78 is 40.3. The number of halogens is 1. The Bertz CT molecular complexity index is 946. The minimum atomic E-state index is -3.68. The number of rotatable bonds is 6. The van der Waals surface area contributed by atoms with E-state index in [0.29, 0.717) is 17.7 Å². The van der Waals surface area contributed by atoms with Crippen molar-refractivity contribution in [1.82, 2.24) is 9.62 Å². The van der Waals surface area contributed by atoms with Crippen LogP contribution in [0.5, 0.6) is 0 Å². The van der Waals surface area contributed by atoms with Gasteiger partial charge in [-0.1, -0.05) is 26.2 Å². The molecule has 2 aliphatic rings. The number of anilines is 1. The molecule has 9 heteroatoms. The molecule has 31 heavy (non-hydrogen) atoms. The van der Waals surface area contributed by atoms with Gasteiger partial charge >= 0.3 is 0 Å². The number of nitrogens with zero attached hydrogens (tertiary/aromatic N) is 2. The van der Waals surface area contributed by atoms with Crippen molar-refractivity contribution in [2.75, 3.05) is 23.7 Å². The van der Waals surface area contributed by atoms with Crippen molar-refractivity contribution >= 4 is 27.5 Å². The first-order valence-electron chi connectivity index (χ1n) is 11.0. The molecule has 1 aliphatic carbocycles. The van der Waals surface area contributed by atoms with E-state index < -0.39 is 27.3 Å². The van der Waals surface area contributed by atoms with Gasteiger partial charge < -0.3 is 5.32 Å². The van der Waals surface area contributed by atoms with Gasteiger partial charge in [0.1, 0.15) is 11.4 Å². The first-order chi connectivity index (χ1) is 14.6. The molecule has 0 radical (unpaired) electrons. The van der Waals surface area contributed by atoms with E-state index in [9.17, 15) is 22.4 Å². The molecule has 1 saturated heterocycles. The molecule has 1 heterocycles. The van der Waals surface area contributed by atoms with Gasteiger partial charge in [-0.3, -0.25) is 14.5 Å². The lowest BCUT2D eigenvalue weighted by Gasteiger charge is -2.47. The standard InChI is InChI=1S/C22H32FN3O4S/c1-4-12-31(29,30)25-14-20(27)26(19-11-10-17(23)13-16(19)2)22(3,15-25)21(28)24-18-8-6-5-7-9-18/h10-11,13,18H,4-9,12,14-15H2,1-3H3,(H,24,28)/t22-/m0/s1. The zero-order valence-corrected chi connectivity index (χ0v) is 19.3. The number of hydrogen-bond donors (Lipinski definition) is 1. The molecule has 7 nitrogen and oxygen atoms in total. The van der Waals surface area contributed by atoms with Gasteiger partial charge in [0.2, 0.25) is 21.8 Å². The Hall–Kier alpha value is -2.00. The highest BCUT2D eigenvalue weighted by molar-refractivity contribution is 7.89. The summed E-state index contributed by atoms with van der Waals surface area (Å²) in [6.45, 7) is 4.54. The second-order valence-corrected chi connectivity index (χ2v) is 10.9. The third-order valence-corrected chi connectivity index (χ3v) is 8.19. The SMILES string of the molecule is CCCS(=O)(=O)N1CC(=O)N(c2ccc(F)cc2C)[C@](C)(C(=O)NC2CCCCC2)C1. The van der Waals surface area contributed by atoms with Crippen molar-refractivity contribution in [3.8, 4) is 0 Å². The average molecular weight is 454 g/mol. The fraction of sp³-hybridized carbons (Fsp3) is 0.636. The van der Waals surface area contributed by atoms with Gasteiger partial charge in [-0.15, -0.1) is 0 Å². The predicted molar refractivity (Wildman–Crippen MR) is 118 cm³/mol. The van der Waals surface area contributed by atoms with Crippen molar-refractivity contribution in [1.29, 1.82) is 0 Å². The number of hydrogen-bond acceptors (Lipinski definition) is 4. The van der Waals surface area contributed by atoms with Crippen molar-refractivity contribution in [2.45, 2.75) is 70.9 Å². The molecule has 1 N–H and O–H groups in total. The molecule has 2 amide bonds. The quantitative estimate of drug-likeness (QED) is 0.718. The van der Waals surface area contributed by atoms with Crippen LogP contribution in [0.15, 0.2) is 18.2 Å². The molecular formula is C22H32FN3O4S. The van der Waals surface area contributed by atoms with Crippen LogP contribution in [0.2, 0.25) is 0 Å². The maximum Gasteiger partial charge on any atom is 0.247 e. The monoisotopic (exact) mass is 453 g/mol. The first kappa shape index (κ1) is 23.7. The summed E-state index contributed by atoms with van der Waals surface area (Å²) in [5.41, 5.74) is -0.522. The van der Waals surface area contributed by atoms with Crippen LogP contribution in [0, 0.1) is 12.7 Å². The van der Waals surface area contributed by atoms with Crippen molar-refractivity contribution in [2.24, 2.45) is 0 Å². The number of amides is 2. The van der Waals surface area contributed by atoms with Gasteiger partial charge in [0.25, 0.3) is 0 Å². The van der Waals surface area contributed by atoms with Crippen molar-refractivity contribution < 1.29 is 22.4 Å². The highest BCUT2D eigenvalue weighted by atomic mass is 32.2. The number of piperazine rings is 1. The molecule has 1 aliphatic heterocycles. The van der Waals surface area contributed by atoms with E-state index in [1.54, 1.807) is 20.8 Å². The smallest absolute Gasteiger partial charge is 0.247 e. The molecule has 0 unspecified atom stereocenters. The molecule has 0 spiro atoms. The van der Waals surface area contributed by atoms with Gasteiger partial charge in [-0.2, -0.15) is 4.31 Å². The molecule has 172 valence electrons. The van der Waals surface area contributed by atoms with Gasteiger partial charge in [-0.05, 0) is 56.9 Å². The predicted octanol–water partition coefficient (Wildman–Crippen LogP) is 2.73. The van der Waals surface area contributed by atoms with Crippen LogP contribution >= 0.6 is 0 Å². The van der Waals surface area contributed by atoms with Crippen LogP contribution in [0.4, 0.5) is 10.1 Å². The van der Waals surface area contributed by atoms with Gasteiger partial charge in [0.15, 0.2) is 0 Å². The lowest BCUT2D eigenvalue weighted by Crippen LogP contribution is -2.71. The zero-order valence-electron chi connectivity index (χ0n) is 18.5. The lowest BCUT2D eigenvalue weighted by molar-refractivity contribution is -0.133. The summed E-state index contributed by atoms with van der Waals surface area (Å²) in [7, 11) is -3.68. The minimum absolute atomic E-state index is 0.00645. The van der Waals surface area contributed by atoms with Crippen molar-refractivity contribution in [3.05, 3.63) is 29.6 Å². The molecular weight excluding hydrogens is 421 g/mol. The van der Waals surface area contributed by atoms with Gasteiger partial charge in [0, 0.05) is 18.3 Å². The normalized spacial score (nSPS) is 23.7. The maximum atomic E-state index is 13.7. The van der Waals surface area contributed by atoms with Crippen LogP contribution in [0.1, 0.15) is 57.9 Å². The third kappa shape index (κ3) is 4.92. The fourth-order valence-corrected chi connectivity index (χ4v) is 6.11. The summed E-state index contributed by atoms with van der Waals surface area (Å²) in [4.78, 5) is 28.1. The molecule has 0 bridgehead atoms. The maximum absolute atomic E-state index is 13.7. The molecule has 2 fully saturated rings. The number of carbonyl (C=O) groups excluding carboxylic acids is 2. The Kier molecular flexibility index (Phi) is 7.05. The summed E-state index contributed by atoms with van der Waals surface area (Å²) in [5, 5.41) is 3.06. The highest BCUT2D eigenvalue weighted by Crippen LogP contribution is 2.34. The first-order valence-corrected chi connectivity index (χ1v) is 12.6. The third-order valence-electron chi connectivity index (χ3n) is 6.22. The molecule has 1 aromatic rings. The van der Waals surface area contributed by atoms with Crippen LogP contribution in [0.3, 0.4) is 0 Å². The molecule has 1 aromatic carbocycles. The van der Waals surface area contributed by atoms with Gasteiger partial charge in [0.05, 0.1) is 12.3 Å². The van der Waals surface area contributed by atoms with E-state index >= 15 is 0 Å². The molecule has 3 rings (SSSR count). The average Bonchev–Trinajstić information content (AvgIpc) is 2.69. The largest absolute Gasteiger partial charge is 0.351 e. The highest BCUT2D eigenvalue weighted by Gasteiger charge is 2.51. The van der Waals surface area contributed by atoms with E-state index in [-0.39, 0.29) is 30.8 Å². The minimum Gasteiger partial charge on any atom is -0.351 e. The number of aryl methyl sites for hydroxylation is 1. The van der Waals surface area contributed by atoms with E-state index in [1.165, 1.54) is 23.1 Å². The molecule has 1 saturated carbocycles. The zero-order chi connectivity index (χ0) is 22.8.